The first kappa shape index (κ1) is 22.7. The van der Waals surface area contributed by atoms with Gasteiger partial charge >= 0.3 is 0 Å². The van der Waals surface area contributed by atoms with Crippen molar-refractivity contribution in [2.75, 3.05) is 31.1 Å². The first-order chi connectivity index (χ1) is 17.2. The van der Waals surface area contributed by atoms with Gasteiger partial charge in [-0.2, -0.15) is 0 Å². The number of anilines is 1. The first-order valence-corrected chi connectivity index (χ1v) is 14.3. The number of rotatable bonds is 5. The maximum Gasteiger partial charge on any atom is 0.264 e. The van der Waals surface area contributed by atoms with Crippen LogP contribution >= 0.6 is 22.7 Å². The van der Waals surface area contributed by atoms with Crippen molar-refractivity contribution in [3.63, 3.8) is 0 Å². The zero-order valence-electron chi connectivity index (χ0n) is 20.1. The zero-order valence-corrected chi connectivity index (χ0v) is 21.7. The highest BCUT2D eigenvalue weighted by molar-refractivity contribution is 7.19. The normalized spacial score (nSPS) is 18.1. The van der Waals surface area contributed by atoms with Gasteiger partial charge in [0.05, 0.1) is 10.3 Å². The summed E-state index contributed by atoms with van der Waals surface area (Å²) in [7, 11) is 0. The van der Waals surface area contributed by atoms with E-state index in [9.17, 15) is 4.79 Å². The lowest BCUT2D eigenvalue weighted by atomic mass is 9.89. The van der Waals surface area contributed by atoms with Crippen LogP contribution in [0.15, 0.2) is 47.8 Å². The van der Waals surface area contributed by atoms with E-state index < -0.39 is 0 Å². The molecule has 3 aromatic heterocycles. The van der Waals surface area contributed by atoms with Gasteiger partial charge in [-0.05, 0) is 54.2 Å². The minimum atomic E-state index is 0.151. The standard InChI is InChI=1S/C28H30N4OS2/c1-19-9-11-21-23(18-19)35-27-25(21)26(29-24(30-27)12-10-20-6-3-2-4-7-20)31-13-15-32(16-14-31)28(33)22-8-5-17-34-22/h2-8,17,19H,9-16,18H2,1H3. The van der Waals surface area contributed by atoms with Crippen LogP contribution < -0.4 is 4.90 Å². The fraction of sp³-hybridized carbons (Fsp3) is 0.393. The predicted octanol–water partition coefficient (Wildman–Crippen LogP) is 5.63. The summed E-state index contributed by atoms with van der Waals surface area (Å²) >= 11 is 3.40. The molecule has 1 unspecified atom stereocenters. The van der Waals surface area contributed by atoms with Gasteiger partial charge in [-0.1, -0.05) is 43.3 Å². The van der Waals surface area contributed by atoms with E-state index in [2.05, 4.69) is 42.2 Å². The number of carbonyl (C=O) groups is 1. The lowest BCUT2D eigenvalue weighted by molar-refractivity contribution is 0.0751. The molecular formula is C28H30N4OS2. The van der Waals surface area contributed by atoms with Crippen LogP contribution in [-0.4, -0.2) is 47.0 Å². The maximum absolute atomic E-state index is 12.9. The average molecular weight is 503 g/mol. The summed E-state index contributed by atoms with van der Waals surface area (Å²) in [5.74, 6) is 2.91. The highest BCUT2D eigenvalue weighted by Crippen LogP contribution is 2.41. The minimum absolute atomic E-state index is 0.151. The lowest BCUT2D eigenvalue weighted by Gasteiger charge is -2.36. The number of amides is 1. The Balaban J connectivity index is 1.30. The van der Waals surface area contributed by atoms with Gasteiger partial charge < -0.3 is 9.80 Å². The molecule has 1 saturated heterocycles. The SMILES string of the molecule is CC1CCc2c(sc3nc(CCc4ccccc4)nc(N4CCN(C(=O)c5cccs5)CC4)c23)C1. The van der Waals surface area contributed by atoms with E-state index in [0.717, 1.165) is 79.1 Å². The van der Waals surface area contributed by atoms with Crippen molar-refractivity contribution in [1.82, 2.24) is 14.9 Å². The fourth-order valence-corrected chi connectivity index (χ4v) is 7.37. The molecule has 7 heteroatoms. The summed E-state index contributed by atoms with van der Waals surface area (Å²) in [6, 6.07) is 14.5. The van der Waals surface area contributed by atoms with Gasteiger partial charge in [-0.3, -0.25) is 4.79 Å². The second-order valence-corrected chi connectivity index (χ2v) is 11.8. The largest absolute Gasteiger partial charge is 0.352 e. The van der Waals surface area contributed by atoms with Crippen molar-refractivity contribution in [2.24, 2.45) is 5.92 Å². The smallest absolute Gasteiger partial charge is 0.264 e. The molecule has 1 aromatic carbocycles. The van der Waals surface area contributed by atoms with E-state index in [0.29, 0.717) is 0 Å². The van der Waals surface area contributed by atoms with Gasteiger partial charge in [0.15, 0.2) is 0 Å². The number of piperazine rings is 1. The quantitative estimate of drug-likeness (QED) is 0.355. The van der Waals surface area contributed by atoms with Crippen molar-refractivity contribution in [3.05, 3.63) is 74.6 Å². The van der Waals surface area contributed by atoms with Gasteiger partial charge in [-0.25, -0.2) is 9.97 Å². The molecule has 35 heavy (non-hydrogen) atoms. The molecular weight excluding hydrogens is 472 g/mol. The molecule has 1 aliphatic heterocycles. The third-order valence-corrected chi connectivity index (χ3v) is 9.27. The number of fused-ring (bicyclic) bond motifs is 3. The summed E-state index contributed by atoms with van der Waals surface area (Å²) < 4.78 is 0. The van der Waals surface area contributed by atoms with Crippen molar-refractivity contribution < 1.29 is 4.79 Å². The van der Waals surface area contributed by atoms with Crippen LogP contribution in [0, 0.1) is 5.92 Å². The number of nitrogens with zero attached hydrogens (tertiary/aromatic N) is 4. The molecule has 0 saturated carbocycles. The molecule has 0 spiro atoms. The molecule has 1 aliphatic carbocycles. The molecule has 4 heterocycles. The molecule has 6 rings (SSSR count). The number of benzene rings is 1. The molecule has 0 bridgehead atoms. The third-order valence-electron chi connectivity index (χ3n) is 7.26. The van der Waals surface area contributed by atoms with Crippen molar-refractivity contribution in [2.45, 2.75) is 39.0 Å². The van der Waals surface area contributed by atoms with Crippen LogP contribution in [0.4, 0.5) is 5.82 Å². The minimum Gasteiger partial charge on any atom is -0.352 e. The van der Waals surface area contributed by atoms with Gasteiger partial charge in [0, 0.05) is 37.5 Å². The van der Waals surface area contributed by atoms with Crippen molar-refractivity contribution in [1.29, 1.82) is 0 Å². The molecule has 1 fully saturated rings. The van der Waals surface area contributed by atoms with Crippen LogP contribution in [0.5, 0.6) is 0 Å². The Morgan fingerprint density at radius 3 is 2.63 bits per heavy atom. The van der Waals surface area contributed by atoms with Crippen molar-refractivity contribution >= 4 is 44.6 Å². The van der Waals surface area contributed by atoms with Gasteiger partial charge in [-0.15, -0.1) is 22.7 Å². The van der Waals surface area contributed by atoms with E-state index in [-0.39, 0.29) is 5.91 Å². The number of aromatic nitrogens is 2. The van der Waals surface area contributed by atoms with E-state index in [1.54, 1.807) is 0 Å². The Morgan fingerprint density at radius 2 is 1.86 bits per heavy atom. The number of hydrogen-bond acceptors (Lipinski definition) is 6. The number of carbonyl (C=O) groups excluding carboxylic acids is 1. The molecule has 0 N–H and O–H groups in total. The van der Waals surface area contributed by atoms with Gasteiger partial charge in [0.2, 0.25) is 0 Å². The zero-order chi connectivity index (χ0) is 23.8. The topological polar surface area (TPSA) is 49.3 Å². The fourth-order valence-electron chi connectivity index (χ4n) is 5.28. The summed E-state index contributed by atoms with van der Waals surface area (Å²) in [6.07, 6.45) is 5.28. The van der Waals surface area contributed by atoms with Crippen LogP contribution in [-0.2, 0) is 25.7 Å². The Morgan fingerprint density at radius 1 is 1.03 bits per heavy atom. The van der Waals surface area contributed by atoms with Crippen LogP contribution in [0.25, 0.3) is 10.2 Å². The number of hydrogen-bond donors (Lipinski definition) is 0. The average Bonchev–Trinajstić information content (AvgIpc) is 3.55. The molecule has 5 nitrogen and oxygen atoms in total. The molecule has 0 radical (unpaired) electrons. The summed E-state index contributed by atoms with van der Waals surface area (Å²) in [4.78, 5) is 31.0. The second-order valence-electron chi connectivity index (χ2n) is 9.74. The molecule has 4 aromatic rings. The van der Waals surface area contributed by atoms with E-state index in [4.69, 9.17) is 9.97 Å². The van der Waals surface area contributed by atoms with Crippen LogP contribution in [0.2, 0.25) is 0 Å². The maximum atomic E-state index is 12.9. The molecule has 2 aliphatic rings. The van der Waals surface area contributed by atoms with Crippen LogP contribution in [0.1, 0.15) is 44.8 Å². The van der Waals surface area contributed by atoms with E-state index in [1.165, 1.54) is 39.1 Å². The van der Waals surface area contributed by atoms with Crippen LogP contribution in [0.3, 0.4) is 0 Å². The molecule has 1 amide bonds. The Labute approximate surface area is 214 Å². The Hall–Kier alpha value is -2.77. The summed E-state index contributed by atoms with van der Waals surface area (Å²) in [5, 5.41) is 3.25. The first-order valence-electron chi connectivity index (χ1n) is 12.6. The Bertz CT molecular complexity index is 1320. The third kappa shape index (κ3) is 4.59. The lowest BCUT2D eigenvalue weighted by Crippen LogP contribution is -2.49. The number of aryl methyl sites for hydroxylation is 3. The van der Waals surface area contributed by atoms with Gasteiger partial charge in [0.1, 0.15) is 16.5 Å². The highest BCUT2D eigenvalue weighted by Gasteiger charge is 2.29. The summed E-state index contributed by atoms with van der Waals surface area (Å²) in [5.41, 5.74) is 2.79. The molecule has 1 atom stereocenters. The summed E-state index contributed by atoms with van der Waals surface area (Å²) in [6.45, 7) is 5.43. The van der Waals surface area contributed by atoms with Crippen molar-refractivity contribution in [3.8, 4) is 0 Å². The predicted molar refractivity (Wildman–Crippen MR) is 145 cm³/mol. The number of thiophene rings is 2. The highest BCUT2D eigenvalue weighted by atomic mass is 32.1. The monoisotopic (exact) mass is 502 g/mol. The second kappa shape index (κ2) is 9.70. The van der Waals surface area contributed by atoms with E-state index >= 15 is 0 Å². The van der Waals surface area contributed by atoms with E-state index in [1.807, 2.05) is 33.7 Å². The van der Waals surface area contributed by atoms with Gasteiger partial charge in [0.25, 0.3) is 5.91 Å². The Kier molecular flexibility index (Phi) is 6.29. The molecule has 180 valence electrons.